The van der Waals surface area contributed by atoms with Crippen LogP contribution in [0.5, 0.6) is 0 Å². The van der Waals surface area contributed by atoms with Crippen molar-refractivity contribution in [1.29, 1.82) is 0 Å². The van der Waals surface area contributed by atoms with Gasteiger partial charge in [0.25, 0.3) is 0 Å². The Morgan fingerprint density at radius 2 is 1.61 bits per heavy atom. The van der Waals surface area contributed by atoms with Crippen molar-refractivity contribution < 1.29 is 18.0 Å². The lowest BCUT2D eigenvalue weighted by molar-refractivity contribution is -0.140. The van der Waals surface area contributed by atoms with Gasteiger partial charge in [-0.1, -0.05) is 77.8 Å². The normalized spacial score (nSPS) is 12.0. The zero-order valence-electron chi connectivity index (χ0n) is 22.1. The fraction of sp³-hybridized carbons (Fsp3) is 0.310. The number of nitrogens with one attached hydrogen (secondary N) is 1. The molecular formula is C29H34ClN3O4S. The zero-order valence-corrected chi connectivity index (χ0v) is 23.7. The van der Waals surface area contributed by atoms with Crippen molar-refractivity contribution >= 4 is 39.1 Å². The molecule has 0 aliphatic rings. The van der Waals surface area contributed by atoms with E-state index in [-0.39, 0.29) is 18.9 Å². The summed E-state index contributed by atoms with van der Waals surface area (Å²) in [6.45, 7) is 5.54. The number of hydrogen-bond donors (Lipinski definition) is 1. The summed E-state index contributed by atoms with van der Waals surface area (Å²) in [7, 11) is -3.85. The van der Waals surface area contributed by atoms with Crippen LogP contribution in [0.15, 0.2) is 72.8 Å². The quantitative estimate of drug-likeness (QED) is 0.377. The van der Waals surface area contributed by atoms with Gasteiger partial charge in [-0.15, -0.1) is 0 Å². The van der Waals surface area contributed by atoms with E-state index in [4.69, 9.17) is 11.6 Å². The Morgan fingerprint density at radius 1 is 0.947 bits per heavy atom. The standard InChI is InChI=1S/C29H34ClN3O4S/c1-5-31-29(35)27(18-23-12-7-6-8-13-23)32(19-24-14-9-11-21(2)17-24)28(34)20-33(38(4,36)37)26-16-10-15-25(30)22(26)3/h6-17,27H,5,18-20H2,1-4H3,(H,31,35)/t27-/m0/s1. The number of amides is 2. The maximum absolute atomic E-state index is 14.0. The Hall–Kier alpha value is -3.36. The van der Waals surface area contributed by atoms with Crippen molar-refractivity contribution in [3.05, 3.63) is 100 Å². The Balaban J connectivity index is 2.07. The highest BCUT2D eigenvalue weighted by Gasteiger charge is 2.33. The predicted octanol–water partition coefficient (Wildman–Crippen LogP) is 4.50. The molecule has 0 aliphatic carbocycles. The number of halogens is 1. The fourth-order valence-corrected chi connectivity index (χ4v) is 5.38. The van der Waals surface area contributed by atoms with Crippen LogP contribution in [0, 0.1) is 13.8 Å². The summed E-state index contributed by atoms with van der Waals surface area (Å²) in [6.07, 6.45) is 1.33. The van der Waals surface area contributed by atoms with Crippen molar-refractivity contribution in [2.75, 3.05) is 23.7 Å². The Labute approximate surface area is 230 Å². The predicted molar refractivity (Wildman–Crippen MR) is 153 cm³/mol. The third-order valence-electron chi connectivity index (χ3n) is 6.24. The van der Waals surface area contributed by atoms with Gasteiger partial charge in [-0.25, -0.2) is 8.42 Å². The number of nitrogens with zero attached hydrogens (tertiary/aromatic N) is 2. The Kier molecular flexibility index (Phi) is 9.94. The number of carbonyl (C=O) groups excluding carboxylic acids is 2. The molecule has 0 radical (unpaired) electrons. The molecule has 7 nitrogen and oxygen atoms in total. The molecule has 9 heteroatoms. The topological polar surface area (TPSA) is 86.8 Å². The van der Waals surface area contributed by atoms with Crippen LogP contribution >= 0.6 is 11.6 Å². The van der Waals surface area contributed by atoms with Crippen LogP contribution in [0.4, 0.5) is 5.69 Å². The summed E-state index contributed by atoms with van der Waals surface area (Å²) in [4.78, 5) is 28.8. The lowest BCUT2D eigenvalue weighted by Crippen LogP contribution is -2.53. The minimum Gasteiger partial charge on any atom is -0.355 e. The summed E-state index contributed by atoms with van der Waals surface area (Å²) >= 11 is 6.28. The van der Waals surface area contributed by atoms with E-state index in [0.29, 0.717) is 22.8 Å². The van der Waals surface area contributed by atoms with E-state index in [2.05, 4.69) is 5.32 Å². The van der Waals surface area contributed by atoms with Crippen LogP contribution in [0.2, 0.25) is 5.02 Å². The van der Waals surface area contributed by atoms with E-state index >= 15 is 0 Å². The first-order valence-corrected chi connectivity index (χ1v) is 14.6. The highest BCUT2D eigenvalue weighted by atomic mass is 35.5. The van der Waals surface area contributed by atoms with Crippen LogP contribution in [0.25, 0.3) is 0 Å². The highest BCUT2D eigenvalue weighted by molar-refractivity contribution is 7.92. The molecule has 0 saturated heterocycles. The molecule has 1 N–H and O–H groups in total. The lowest BCUT2D eigenvalue weighted by atomic mass is 10.0. The van der Waals surface area contributed by atoms with E-state index in [1.807, 2.05) is 68.4 Å². The molecule has 0 heterocycles. The smallest absolute Gasteiger partial charge is 0.244 e. The minimum atomic E-state index is -3.85. The summed E-state index contributed by atoms with van der Waals surface area (Å²) in [5.41, 5.74) is 3.60. The van der Waals surface area contributed by atoms with E-state index < -0.39 is 28.5 Å². The maximum Gasteiger partial charge on any atom is 0.244 e. The van der Waals surface area contributed by atoms with Gasteiger partial charge in [-0.2, -0.15) is 0 Å². The molecule has 0 aromatic heterocycles. The number of likely N-dealkylation sites (N-methyl/N-ethyl adjacent to an activating group) is 1. The van der Waals surface area contributed by atoms with E-state index in [0.717, 1.165) is 27.3 Å². The largest absolute Gasteiger partial charge is 0.355 e. The van der Waals surface area contributed by atoms with Crippen molar-refractivity contribution in [1.82, 2.24) is 10.2 Å². The molecule has 3 aromatic rings. The lowest BCUT2D eigenvalue weighted by Gasteiger charge is -2.33. The molecule has 0 bridgehead atoms. The monoisotopic (exact) mass is 555 g/mol. The van der Waals surface area contributed by atoms with Gasteiger partial charge < -0.3 is 10.2 Å². The van der Waals surface area contributed by atoms with Gasteiger partial charge in [0.1, 0.15) is 12.6 Å². The van der Waals surface area contributed by atoms with Crippen LogP contribution in [-0.4, -0.2) is 50.5 Å². The minimum absolute atomic E-state index is 0.140. The first kappa shape index (κ1) is 29.2. The van der Waals surface area contributed by atoms with Crippen LogP contribution in [0.1, 0.15) is 29.2 Å². The number of benzene rings is 3. The van der Waals surface area contributed by atoms with Gasteiger partial charge in [0.05, 0.1) is 11.9 Å². The summed E-state index contributed by atoms with van der Waals surface area (Å²) in [5, 5.41) is 3.24. The first-order valence-electron chi connectivity index (χ1n) is 12.4. The van der Waals surface area contributed by atoms with E-state index in [9.17, 15) is 18.0 Å². The van der Waals surface area contributed by atoms with Crippen LogP contribution < -0.4 is 9.62 Å². The van der Waals surface area contributed by atoms with Gasteiger partial charge in [-0.3, -0.25) is 13.9 Å². The molecular weight excluding hydrogens is 522 g/mol. The van der Waals surface area contributed by atoms with Crippen molar-refractivity contribution in [2.45, 2.75) is 39.8 Å². The van der Waals surface area contributed by atoms with E-state index in [1.54, 1.807) is 25.1 Å². The van der Waals surface area contributed by atoms with Crippen LogP contribution in [-0.2, 0) is 32.6 Å². The number of carbonyl (C=O) groups is 2. The SMILES string of the molecule is CCNC(=O)[C@H](Cc1ccccc1)N(Cc1cccc(C)c1)C(=O)CN(c1cccc(Cl)c1C)S(C)(=O)=O. The van der Waals surface area contributed by atoms with Gasteiger partial charge >= 0.3 is 0 Å². The zero-order chi connectivity index (χ0) is 27.9. The molecule has 0 saturated carbocycles. The Bertz CT molecular complexity index is 1380. The summed E-state index contributed by atoms with van der Waals surface area (Å²) < 4.78 is 26.8. The molecule has 2 amide bonds. The molecule has 0 aliphatic heterocycles. The molecule has 0 fully saturated rings. The number of sulfonamides is 1. The van der Waals surface area contributed by atoms with Gasteiger partial charge in [0, 0.05) is 24.5 Å². The maximum atomic E-state index is 14.0. The van der Waals surface area contributed by atoms with Gasteiger partial charge in [-0.05, 0) is 49.6 Å². The molecule has 1 atom stereocenters. The Morgan fingerprint density at radius 3 is 2.24 bits per heavy atom. The number of rotatable bonds is 11. The average Bonchev–Trinajstić information content (AvgIpc) is 2.86. The van der Waals surface area contributed by atoms with E-state index in [1.165, 1.54) is 4.90 Å². The fourth-order valence-electron chi connectivity index (χ4n) is 4.31. The summed E-state index contributed by atoms with van der Waals surface area (Å²) in [6, 6.07) is 21.2. The van der Waals surface area contributed by atoms with Crippen molar-refractivity contribution in [3.8, 4) is 0 Å². The molecule has 38 heavy (non-hydrogen) atoms. The highest BCUT2D eigenvalue weighted by Crippen LogP contribution is 2.28. The number of hydrogen-bond acceptors (Lipinski definition) is 4. The third kappa shape index (κ3) is 7.58. The number of aryl methyl sites for hydroxylation is 1. The molecule has 3 aromatic carbocycles. The van der Waals surface area contributed by atoms with Gasteiger partial charge in [0.15, 0.2) is 0 Å². The van der Waals surface area contributed by atoms with Crippen molar-refractivity contribution in [2.24, 2.45) is 0 Å². The van der Waals surface area contributed by atoms with Gasteiger partial charge in [0.2, 0.25) is 21.8 Å². The third-order valence-corrected chi connectivity index (χ3v) is 7.78. The average molecular weight is 556 g/mol. The first-order chi connectivity index (χ1) is 18.0. The molecule has 3 rings (SSSR count). The second-order valence-corrected chi connectivity index (χ2v) is 11.6. The second-order valence-electron chi connectivity index (χ2n) is 9.26. The van der Waals surface area contributed by atoms with Crippen LogP contribution in [0.3, 0.4) is 0 Å². The molecule has 0 unspecified atom stereocenters. The molecule has 0 spiro atoms. The second kappa shape index (κ2) is 12.9. The van der Waals surface area contributed by atoms with Crippen molar-refractivity contribution in [3.63, 3.8) is 0 Å². The summed E-state index contributed by atoms with van der Waals surface area (Å²) in [5.74, 6) is -0.800. The number of anilines is 1. The molecule has 202 valence electrons.